The molecule has 35 heavy (non-hydrogen) atoms. The lowest BCUT2D eigenvalue weighted by Gasteiger charge is -2.26. The maximum absolute atomic E-state index is 13.4. The molecular weight excluding hydrogens is 479 g/mol. The third-order valence-electron chi connectivity index (χ3n) is 5.09. The van der Waals surface area contributed by atoms with Crippen LogP contribution in [0.15, 0.2) is 58.5 Å². The van der Waals surface area contributed by atoms with Gasteiger partial charge in [-0.15, -0.1) is 0 Å². The number of nitrogens with zero attached hydrogens (tertiary/aromatic N) is 1. The summed E-state index contributed by atoms with van der Waals surface area (Å²) in [5, 5.41) is 2.08. The predicted molar refractivity (Wildman–Crippen MR) is 127 cm³/mol. The normalized spacial score (nSPS) is 14.9. The molecular formula is C25H20ClFN2O6. The lowest BCUT2D eigenvalue weighted by molar-refractivity contribution is -0.122. The standard InChI is InChI=1S/C25H20ClFN2O6/c1-3-10-34-21-8-5-15(12-22(21)33-2)29-24(31)17(23(30)28-25(29)32)13-16-6-9-20(35-16)14-4-7-19(27)18(26)11-14/h4-9,11-13H,3,10H2,1-2H3,(H,28,30,32)/b17-13-. The van der Waals surface area contributed by atoms with Gasteiger partial charge in [-0.3, -0.25) is 14.9 Å². The highest BCUT2D eigenvalue weighted by atomic mass is 35.5. The van der Waals surface area contributed by atoms with E-state index in [2.05, 4.69) is 5.32 Å². The Morgan fingerprint density at radius 2 is 1.89 bits per heavy atom. The van der Waals surface area contributed by atoms with Crippen molar-refractivity contribution >= 4 is 41.2 Å². The molecule has 180 valence electrons. The van der Waals surface area contributed by atoms with Crippen LogP contribution in [-0.2, 0) is 9.59 Å². The van der Waals surface area contributed by atoms with Crippen LogP contribution in [0.3, 0.4) is 0 Å². The van der Waals surface area contributed by atoms with Crippen LogP contribution in [0.5, 0.6) is 11.5 Å². The summed E-state index contributed by atoms with van der Waals surface area (Å²) in [6, 6.07) is 10.9. The number of carbonyl (C=O) groups is 3. The molecule has 0 radical (unpaired) electrons. The molecule has 0 bridgehead atoms. The van der Waals surface area contributed by atoms with E-state index in [9.17, 15) is 18.8 Å². The molecule has 1 aliphatic rings. The summed E-state index contributed by atoms with van der Waals surface area (Å²) in [5.74, 6) is -0.969. The van der Waals surface area contributed by atoms with Crippen molar-refractivity contribution in [1.82, 2.24) is 5.32 Å². The fourth-order valence-corrected chi connectivity index (χ4v) is 3.58. The number of hydrogen-bond acceptors (Lipinski definition) is 6. The van der Waals surface area contributed by atoms with Gasteiger partial charge in [-0.2, -0.15) is 0 Å². The molecule has 1 saturated heterocycles. The highest BCUT2D eigenvalue weighted by Gasteiger charge is 2.37. The van der Waals surface area contributed by atoms with Gasteiger partial charge in [0.2, 0.25) is 0 Å². The first-order valence-electron chi connectivity index (χ1n) is 10.6. The molecule has 0 aliphatic carbocycles. The monoisotopic (exact) mass is 498 g/mol. The molecule has 0 spiro atoms. The molecule has 4 rings (SSSR count). The van der Waals surface area contributed by atoms with Gasteiger partial charge < -0.3 is 13.9 Å². The molecule has 1 fully saturated rings. The average Bonchev–Trinajstić information content (AvgIpc) is 3.31. The van der Waals surface area contributed by atoms with Gasteiger partial charge in [-0.1, -0.05) is 18.5 Å². The Kier molecular flexibility index (Phi) is 6.88. The molecule has 1 aromatic heterocycles. The number of anilines is 1. The summed E-state index contributed by atoms with van der Waals surface area (Å²) in [6.07, 6.45) is 2.01. The number of carbonyl (C=O) groups excluding carboxylic acids is 3. The lowest BCUT2D eigenvalue weighted by atomic mass is 10.1. The van der Waals surface area contributed by atoms with Crippen molar-refractivity contribution in [1.29, 1.82) is 0 Å². The number of nitrogens with one attached hydrogen (secondary N) is 1. The van der Waals surface area contributed by atoms with Crippen LogP contribution >= 0.6 is 11.6 Å². The number of urea groups is 1. The molecule has 1 aliphatic heterocycles. The number of amides is 4. The molecule has 8 nitrogen and oxygen atoms in total. The van der Waals surface area contributed by atoms with Gasteiger partial charge in [-0.05, 0) is 55.0 Å². The molecule has 0 saturated carbocycles. The third kappa shape index (κ3) is 4.90. The number of methoxy groups -OCH3 is 1. The number of benzene rings is 2. The smallest absolute Gasteiger partial charge is 0.335 e. The van der Waals surface area contributed by atoms with Gasteiger partial charge in [0.15, 0.2) is 11.5 Å². The number of imide groups is 2. The van der Waals surface area contributed by atoms with Crippen molar-refractivity contribution in [2.24, 2.45) is 0 Å². The van der Waals surface area contributed by atoms with Crippen LogP contribution in [0, 0.1) is 5.82 Å². The van der Waals surface area contributed by atoms with E-state index >= 15 is 0 Å². The van der Waals surface area contributed by atoms with Crippen LogP contribution in [0.25, 0.3) is 17.4 Å². The van der Waals surface area contributed by atoms with Crippen molar-refractivity contribution in [3.63, 3.8) is 0 Å². The van der Waals surface area contributed by atoms with Gasteiger partial charge in [0.1, 0.15) is 22.9 Å². The third-order valence-corrected chi connectivity index (χ3v) is 5.38. The van der Waals surface area contributed by atoms with Crippen molar-refractivity contribution in [3.05, 3.63) is 70.7 Å². The SMILES string of the molecule is CCCOc1ccc(N2C(=O)NC(=O)/C(=C/c3ccc(-c4ccc(F)c(Cl)c4)o3)C2=O)cc1OC. The van der Waals surface area contributed by atoms with E-state index in [1.54, 1.807) is 12.1 Å². The molecule has 4 amide bonds. The van der Waals surface area contributed by atoms with Crippen molar-refractivity contribution in [2.45, 2.75) is 13.3 Å². The molecule has 0 atom stereocenters. The average molecular weight is 499 g/mol. The van der Waals surface area contributed by atoms with E-state index in [1.165, 1.54) is 49.6 Å². The maximum atomic E-state index is 13.4. The van der Waals surface area contributed by atoms with E-state index in [-0.39, 0.29) is 22.0 Å². The van der Waals surface area contributed by atoms with Crippen LogP contribution in [0.4, 0.5) is 14.9 Å². The van der Waals surface area contributed by atoms with E-state index in [0.29, 0.717) is 29.4 Å². The minimum absolute atomic E-state index is 0.0728. The summed E-state index contributed by atoms with van der Waals surface area (Å²) in [5.41, 5.74) is 0.385. The summed E-state index contributed by atoms with van der Waals surface area (Å²) >= 11 is 5.83. The Morgan fingerprint density at radius 1 is 1.09 bits per heavy atom. The highest BCUT2D eigenvalue weighted by molar-refractivity contribution is 6.39. The molecule has 1 N–H and O–H groups in total. The number of furan rings is 1. The summed E-state index contributed by atoms with van der Waals surface area (Å²) in [6.45, 7) is 2.43. The van der Waals surface area contributed by atoms with E-state index in [0.717, 1.165) is 11.3 Å². The van der Waals surface area contributed by atoms with Crippen LogP contribution in [-0.4, -0.2) is 31.6 Å². The molecule has 10 heteroatoms. The number of ether oxygens (including phenoxy) is 2. The van der Waals surface area contributed by atoms with Crippen LogP contribution in [0.2, 0.25) is 5.02 Å². The topological polar surface area (TPSA) is 98.1 Å². The Labute approximate surface area is 204 Å². The first-order chi connectivity index (χ1) is 16.8. The fraction of sp³-hybridized carbons (Fsp3) is 0.160. The van der Waals surface area contributed by atoms with Gasteiger partial charge in [0, 0.05) is 11.6 Å². The van der Waals surface area contributed by atoms with Gasteiger partial charge >= 0.3 is 6.03 Å². The number of barbiturate groups is 1. The predicted octanol–water partition coefficient (Wildman–Crippen LogP) is 5.20. The molecule has 2 aromatic carbocycles. The van der Waals surface area contributed by atoms with Gasteiger partial charge in [0.25, 0.3) is 11.8 Å². The van der Waals surface area contributed by atoms with Crippen molar-refractivity contribution < 1.29 is 32.7 Å². The summed E-state index contributed by atoms with van der Waals surface area (Å²) in [7, 11) is 1.44. The van der Waals surface area contributed by atoms with Gasteiger partial charge in [-0.25, -0.2) is 14.1 Å². The van der Waals surface area contributed by atoms with E-state index in [4.69, 9.17) is 25.5 Å². The van der Waals surface area contributed by atoms with E-state index in [1.807, 2.05) is 6.92 Å². The lowest BCUT2D eigenvalue weighted by Crippen LogP contribution is -2.54. The highest BCUT2D eigenvalue weighted by Crippen LogP contribution is 2.34. The zero-order chi connectivity index (χ0) is 25.1. The molecule has 3 aromatic rings. The number of rotatable bonds is 7. The minimum atomic E-state index is -0.900. The van der Waals surface area contributed by atoms with Gasteiger partial charge in [0.05, 0.1) is 24.4 Å². The second kappa shape index (κ2) is 10.0. The first kappa shape index (κ1) is 24.0. The number of hydrogen-bond donors (Lipinski definition) is 1. The Balaban J connectivity index is 1.64. The first-order valence-corrected chi connectivity index (χ1v) is 11.0. The fourth-order valence-electron chi connectivity index (χ4n) is 3.40. The second-order valence-corrected chi connectivity index (χ2v) is 7.88. The summed E-state index contributed by atoms with van der Waals surface area (Å²) in [4.78, 5) is 39.0. The van der Waals surface area contributed by atoms with E-state index < -0.39 is 23.7 Å². The zero-order valence-corrected chi connectivity index (χ0v) is 19.5. The molecule has 0 unspecified atom stereocenters. The quantitative estimate of drug-likeness (QED) is 0.355. The summed E-state index contributed by atoms with van der Waals surface area (Å²) < 4.78 is 30.1. The number of halogens is 2. The second-order valence-electron chi connectivity index (χ2n) is 7.47. The Morgan fingerprint density at radius 3 is 2.60 bits per heavy atom. The Bertz CT molecular complexity index is 1350. The van der Waals surface area contributed by atoms with Crippen molar-refractivity contribution in [3.8, 4) is 22.8 Å². The zero-order valence-electron chi connectivity index (χ0n) is 18.8. The maximum Gasteiger partial charge on any atom is 0.335 e. The van der Waals surface area contributed by atoms with Crippen LogP contribution < -0.4 is 19.7 Å². The minimum Gasteiger partial charge on any atom is -0.493 e. The largest absolute Gasteiger partial charge is 0.493 e. The van der Waals surface area contributed by atoms with Crippen molar-refractivity contribution in [2.75, 3.05) is 18.6 Å². The molecule has 2 heterocycles. The Hall–Kier alpha value is -4.11. The van der Waals surface area contributed by atoms with Crippen LogP contribution in [0.1, 0.15) is 19.1 Å².